The SMILES string of the molecule is CCCOc1cc(Cl)c(CC(=O)OC(C)C)cc1OCCC. The zero-order valence-corrected chi connectivity index (χ0v) is 14.5. The van der Waals surface area contributed by atoms with Crippen molar-refractivity contribution in [2.45, 2.75) is 53.1 Å². The van der Waals surface area contributed by atoms with Crippen LogP contribution in [0.2, 0.25) is 5.02 Å². The van der Waals surface area contributed by atoms with Gasteiger partial charge in [-0.3, -0.25) is 4.79 Å². The third kappa shape index (κ3) is 6.14. The molecule has 0 atom stereocenters. The maximum Gasteiger partial charge on any atom is 0.310 e. The minimum absolute atomic E-state index is 0.119. The summed E-state index contributed by atoms with van der Waals surface area (Å²) >= 11 is 6.25. The van der Waals surface area contributed by atoms with E-state index in [1.165, 1.54) is 0 Å². The molecule has 0 aromatic heterocycles. The predicted octanol–water partition coefficient (Wildman–Crippen LogP) is 4.41. The van der Waals surface area contributed by atoms with Crippen LogP contribution in [0.5, 0.6) is 11.5 Å². The normalized spacial score (nSPS) is 10.6. The number of halogens is 1. The molecule has 1 aromatic carbocycles. The maximum absolute atomic E-state index is 11.8. The minimum Gasteiger partial charge on any atom is -0.490 e. The van der Waals surface area contributed by atoms with Gasteiger partial charge in [0.25, 0.3) is 0 Å². The van der Waals surface area contributed by atoms with Crippen LogP contribution in [0.25, 0.3) is 0 Å². The molecule has 0 heterocycles. The molecule has 0 N–H and O–H groups in total. The van der Waals surface area contributed by atoms with Crippen molar-refractivity contribution in [3.8, 4) is 11.5 Å². The van der Waals surface area contributed by atoms with E-state index < -0.39 is 0 Å². The summed E-state index contributed by atoms with van der Waals surface area (Å²) in [6.45, 7) is 8.87. The molecule has 0 aliphatic carbocycles. The van der Waals surface area contributed by atoms with Crippen LogP contribution >= 0.6 is 11.6 Å². The van der Waals surface area contributed by atoms with Crippen molar-refractivity contribution in [1.82, 2.24) is 0 Å². The first-order chi connectivity index (χ1) is 10.5. The van der Waals surface area contributed by atoms with Crippen LogP contribution in [0.15, 0.2) is 12.1 Å². The van der Waals surface area contributed by atoms with Gasteiger partial charge in [0.05, 0.1) is 25.7 Å². The van der Waals surface area contributed by atoms with Crippen LogP contribution in [0.3, 0.4) is 0 Å². The Morgan fingerprint density at radius 1 is 1.09 bits per heavy atom. The summed E-state index contributed by atoms with van der Waals surface area (Å²) in [5.74, 6) is 0.925. The topological polar surface area (TPSA) is 44.8 Å². The molecule has 4 nitrogen and oxygen atoms in total. The zero-order valence-electron chi connectivity index (χ0n) is 13.8. The number of hydrogen-bond acceptors (Lipinski definition) is 4. The van der Waals surface area contributed by atoms with Gasteiger partial charge in [0, 0.05) is 11.1 Å². The van der Waals surface area contributed by atoms with Gasteiger partial charge in [-0.05, 0) is 38.3 Å². The van der Waals surface area contributed by atoms with Crippen molar-refractivity contribution in [2.75, 3.05) is 13.2 Å². The van der Waals surface area contributed by atoms with Crippen molar-refractivity contribution >= 4 is 17.6 Å². The van der Waals surface area contributed by atoms with Crippen molar-refractivity contribution < 1.29 is 19.0 Å². The van der Waals surface area contributed by atoms with Gasteiger partial charge >= 0.3 is 5.97 Å². The minimum atomic E-state index is -0.305. The molecule has 5 heteroatoms. The largest absolute Gasteiger partial charge is 0.490 e. The molecule has 0 spiro atoms. The molecular weight excluding hydrogens is 304 g/mol. The third-order valence-electron chi connectivity index (χ3n) is 2.74. The van der Waals surface area contributed by atoms with Gasteiger partial charge in [0.1, 0.15) is 0 Å². The molecule has 22 heavy (non-hydrogen) atoms. The second kappa shape index (κ2) is 9.57. The lowest BCUT2D eigenvalue weighted by Gasteiger charge is -2.15. The molecular formula is C17H25ClO4. The first-order valence-corrected chi connectivity index (χ1v) is 8.13. The molecule has 0 amide bonds. The molecule has 1 aromatic rings. The van der Waals surface area contributed by atoms with E-state index >= 15 is 0 Å². The fourth-order valence-electron chi connectivity index (χ4n) is 1.82. The van der Waals surface area contributed by atoms with Crippen LogP contribution in [0.1, 0.15) is 46.1 Å². The quantitative estimate of drug-likeness (QED) is 0.630. The van der Waals surface area contributed by atoms with Crippen LogP contribution < -0.4 is 9.47 Å². The smallest absolute Gasteiger partial charge is 0.310 e. The van der Waals surface area contributed by atoms with Gasteiger partial charge in [0.15, 0.2) is 11.5 Å². The highest BCUT2D eigenvalue weighted by molar-refractivity contribution is 6.31. The summed E-state index contributed by atoms with van der Waals surface area (Å²) in [4.78, 5) is 11.8. The summed E-state index contributed by atoms with van der Waals surface area (Å²) in [5, 5.41) is 0.482. The Morgan fingerprint density at radius 3 is 2.14 bits per heavy atom. The van der Waals surface area contributed by atoms with Gasteiger partial charge in [-0.1, -0.05) is 25.4 Å². The number of hydrogen-bond donors (Lipinski definition) is 0. The van der Waals surface area contributed by atoms with Gasteiger partial charge in [-0.2, -0.15) is 0 Å². The molecule has 0 aliphatic heterocycles. The molecule has 0 bridgehead atoms. The number of benzene rings is 1. The molecule has 0 fully saturated rings. The fraction of sp³-hybridized carbons (Fsp3) is 0.588. The lowest BCUT2D eigenvalue weighted by Crippen LogP contribution is -2.14. The molecule has 1 rings (SSSR count). The zero-order chi connectivity index (χ0) is 16.5. The highest BCUT2D eigenvalue weighted by Crippen LogP contribution is 2.34. The average Bonchev–Trinajstić information content (AvgIpc) is 2.45. The third-order valence-corrected chi connectivity index (χ3v) is 3.09. The first kappa shape index (κ1) is 18.6. The second-order valence-corrected chi connectivity index (χ2v) is 5.71. The van der Waals surface area contributed by atoms with Gasteiger partial charge < -0.3 is 14.2 Å². The molecule has 0 unspecified atom stereocenters. The average molecular weight is 329 g/mol. The van der Waals surface area contributed by atoms with Crippen LogP contribution in [-0.2, 0) is 16.0 Å². The Bertz CT molecular complexity index is 486. The highest BCUT2D eigenvalue weighted by atomic mass is 35.5. The van der Waals surface area contributed by atoms with Crippen LogP contribution in [0, 0.1) is 0 Å². The number of ether oxygens (including phenoxy) is 3. The lowest BCUT2D eigenvalue weighted by molar-refractivity contribution is -0.146. The summed E-state index contributed by atoms with van der Waals surface area (Å²) in [6, 6.07) is 3.48. The monoisotopic (exact) mass is 328 g/mol. The molecule has 0 aliphatic rings. The Kier molecular flexibility index (Phi) is 8.10. The number of rotatable bonds is 9. The van der Waals surface area contributed by atoms with Crippen molar-refractivity contribution in [2.24, 2.45) is 0 Å². The summed E-state index contributed by atoms with van der Waals surface area (Å²) in [5.41, 5.74) is 0.683. The van der Waals surface area contributed by atoms with Crippen LogP contribution in [-0.4, -0.2) is 25.3 Å². The van der Waals surface area contributed by atoms with Gasteiger partial charge in [-0.15, -0.1) is 0 Å². The van der Waals surface area contributed by atoms with E-state index in [0.717, 1.165) is 12.8 Å². The van der Waals surface area contributed by atoms with E-state index in [4.69, 9.17) is 25.8 Å². The molecule has 0 saturated carbocycles. The number of esters is 1. The summed E-state index contributed by atoms with van der Waals surface area (Å²) in [6.07, 6.45) is 1.76. The Labute approximate surface area is 137 Å². The van der Waals surface area contributed by atoms with E-state index in [2.05, 4.69) is 0 Å². The highest BCUT2D eigenvalue weighted by Gasteiger charge is 2.15. The van der Waals surface area contributed by atoms with E-state index in [0.29, 0.717) is 35.3 Å². The Hall–Kier alpha value is -1.42. The Balaban J connectivity index is 2.95. The van der Waals surface area contributed by atoms with Crippen molar-refractivity contribution in [3.05, 3.63) is 22.7 Å². The maximum atomic E-state index is 11.8. The predicted molar refractivity (Wildman–Crippen MR) is 88.0 cm³/mol. The van der Waals surface area contributed by atoms with Crippen LogP contribution in [0.4, 0.5) is 0 Å². The van der Waals surface area contributed by atoms with Gasteiger partial charge in [0.2, 0.25) is 0 Å². The van der Waals surface area contributed by atoms with Gasteiger partial charge in [-0.25, -0.2) is 0 Å². The Morgan fingerprint density at radius 2 is 1.64 bits per heavy atom. The number of carbonyl (C=O) groups excluding carboxylic acids is 1. The fourth-order valence-corrected chi connectivity index (χ4v) is 2.04. The molecule has 124 valence electrons. The first-order valence-electron chi connectivity index (χ1n) is 7.75. The lowest BCUT2D eigenvalue weighted by atomic mass is 10.1. The molecule has 0 radical (unpaired) electrons. The summed E-state index contributed by atoms with van der Waals surface area (Å²) in [7, 11) is 0. The van der Waals surface area contributed by atoms with E-state index in [1.54, 1.807) is 12.1 Å². The second-order valence-electron chi connectivity index (χ2n) is 5.30. The van der Waals surface area contributed by atoms with E-state index in [9.17, 15) is 4.79 Å². The van der Waals surface area contributed by atoms with Crippen molar-refractivity contribution in [3.63, 3.8) is 0 Å². The molecule has 0 saturated heterocycles. The van der Waals surface area contributed by atoms with E-state index in [-0.39, 0.29) is 18.5 Å². The van der Waals surface area contributed by atoms with E-state index in [1.807, 2.05) is 27.7 Å². The number of carbonyl (C=O) groups is 1. The summed E-state index contributed by atoms with van der Waals surface area (Å²) < 4.78 is 16.5. The van der Waals surface area contributed by atoms with Crippen molar-refractivity contribution in [1.29, 1.82) is 0 Å². The standard InChI is InChI=1S/C17H25ClO4/c1-5-7-20-15-9-13(10-17(19)22-12(3)4)14(18)11-16(15)21-8-6-2/h9,11-12H,5-8,10H2,1-4H3.